The van der Waals surface area contributed by atoms with Gasteiger partial charge in [0.05, 0.1) is 6.54 Å². The third kappa shape index (κ3) is 1.89. The lowest BCUT2D eigenvalue weighted by atomic mass is 10.0. The summed E-state index contributed by atoms with van der Waals surface area (Å²) in [6.07, 6.45) is 0. The van der Waals surface area contributed by atoms with Crippen molar-refractivity contribution in [3.8, 4) is 0 Å². The molecule has 1 aliphatic heterocycles. The van der Waals surface area contributed by atoms with E-state index in [1.54, 1.807) is 0 Å². The van der Waals surface area contributed by atoms with Gasteiger partial charge >= 0.3 is 0 Å². The SMILES string of the molecule is Nc1cc2ccc(Br)cc2cc1C1=NCCN1. The Morgan fingerprint density at radius 3 is 2.82 bits per heavy atom. The predicted molar refractivity (Wildman–Crippen MR) is 75.5 cm³/mol. The lowest BCUT2D eigenvalue weighted by Gasteiger charge is -2.09. The van der Waals surface area contributed by atoms with Crippen molar-refractivity contribution in [1.29, 1.82) is 0 Å². The Hall–Kier alpha value is -1.55. The Morgan fingerprint density at radius 1 is 1.18 bits per heavy atom. The van der Waals surface area contributed by atoms with Gasteiger partial charge in [0.15, 0.2) is 0 Å². The van der Waals surface area contributed by atoms with Crippen molar-refractivity contribution in [3.63, 3.8) is 0 Å². The third-order valence-corrected chi connectivity index (χ3v) is 3.39. The highest BCUT2D eigenvalue weighted by molar-refractivity contribution is 9.10. The fourth-order valence-corrected chi connectivity index (χ4v) is 2.45. The summed E-state index contributed by atoms with van der Waals surface area (Å²) in [6.45, 7) is 1.72. The van der Waals surface area contributed by atoms with Gasteiger partial charge < -0.3 is 11.1 Å². The molecule has 0 fully saturated rings. The molecule has 0 atom stereocenters. The highest BCUT2D eigenvalue weighted by atomic mass is 79.9. The molecule has 0 radical (unpaired) electrons. The molecule has 4 heteroatoms. The number of nitrogens with one attached hydrogen (secondary N) is 1. The molecule has 0 bridgehead atoms. The summed E-state index contributed by atoms with van der Waals surface area (Å²) in [5.41, 5.74) is 7.84. The second kappa shape index (κ2) is 4.04. The van der Waals surface area contributed by atoms with Crippen LogP contribution in [0.15, 0.2) is 39.8 Å². The van der Waals surface area contributed by atoms with Crippen molar-refractivity contribution < 1.29 is 0 Å². The van der Waals surface area contributed by atoms with Gasteiger partial charge in [0, 0.05) is 22.3 Å². The molecule has 0 aliphatic carbocycles. The largest absolute Gasteiger partial charge is 0.398 e. The fraction of sp³-hybridized carbons (Fsp3) is 0.154. The van der Waals surface area contributed by atoms with Crippen molar-refractivity contribution in [3.05, 3.63) is 40.4 Å². The van der Waals surface area contributed by atoms with E-state index in [-0.39, 0.29) is 0 Å². The first-order valence-electron chi connectivity index (χ1n) is 5.51. The number of hydrogen-bond donors (Lipinski definition) is 2. The molecule has 0 aromatic heterocycles. The minimum absolute atomic E-state index is 0.771. The van der Waals surface area contributed by atoms with Crippen LogP contribution in [0.25, 0.3) is 10.8 Å². The zero-order valence-electron chi connectivity index (χ0n) is 9.20. The number of halogens is 1. The quantitative estimate of drug-likeness (QED) is 0.793. The van der Waals surface area contributed by atoms with Crippen molar-refractivity contribution in [2.75, 3.05) is 18.8 Å². The zero-order chi connectivity index (χ0) is 11.8. The lowest BCUT2D eigenvalue weighted by Crippen LogP contribution is -2.20. The van der Waals surface area contributed by atoms with Crippen LogP contribution in [0.3, 0.4) is 0 Å². The van der Waals surface area contributed by atoms with E-state index in [9.17, 15) is 0 Å². The maximum Gasteiger partial charge on any atom is 0.130 e. The second-order valence-electron chi connectivity index (χ2n) is 4.09. The zero-order valence-corrected chi connectivity index (χ0v) is 10.8. The Morgan fingerprint density at radius 2 is 2.06 bits per heavy atom. The van der Waals surface area contributed by atoms with Gasteiger partial charge in [0.1, 0.15) is 5.84 Å². The smallest absolute Gasteiger partial charge is 0.130 e. The Kier molecular flexibility index (Phi) is 2.52. The topological polar surface area (TPSA) is 50.4 Å². The summed E-state index contributed by atoms with van der Waals surface area (Å²) < 4.78 is 1.07. The number of nitrogens with two attached hydrogens (primary N) is 1. The highest BCUT2D eigenvalue weighted by Gasteiger charge is 2.12. The maximum absolute atomic E-state index is 6.07. The molecule has 2 aromatic rings. The van der Waals surface area contributed by atoms with Crippen molar-refractivity contribution in [1.82, 2.24) is 5.32 Å². The van der Waals surface area contributed by atoms with Gasteiger partial charge in [-0.2, -0.15) is 0 Å². The summed E-state index contributed by atoms with van der Waals surface area (Å²) in [4.78, 5) is 4.41. The van der Waals surface area contributed by atoms with Gasteiger partial charge in [0.2, 0.25) is 0 Å². The van der Waals surface area contributed by atoms with Crippen LogP contribution in [0, 0.1) is 0 Å². The number of anilines is 1. The van der Waals surface area contributed by atoms with E-state index in [1.807, 2.05) is 12.1 Å². The third-order valence-electron chi connectivity index (χ3n) is 2.90. The minimum atomic E-state index is 0.771. The highest BCUT2D eigenvalue weighted by Crippen LogP contribution is 2.25. The lowest BCUT2D eigenvalue weighted by molar-refractivity contribution is 0.960. The summed E-state index contributed by atoms with van der Waals surface area (Å²) in [6, 6.07) is 10.3. The molecule has 1 heterocycles. The van der Waals surface area contributed by atoms with E-state index in [4.69, 9.17) is 5.73 Å². The van der Waals surface area contributed by atoms with Crippen LogP contribution in [0.5, 0.6) is 0 Å². The number of nitrogen functional groups attached to an aromatic ring is 1. The standard InChI is InChI=1S/C13H12BrN3/c14-10-2-1-8-7-12(15)11(6-9(8)5-10)13-16-3-4-17-13/h1-2,5-7H,3-4,15H2,(H,16,17). The summed E-state index contributed by atoms with van der Waals surface area (Å²) >= 11 is 3.48. The number of hydrogen-bond acceptors (Lipinski definition) is 3. The van der Waals surface area contributed by atoms with Crippen LogP contribution in [0.2, 0.25) is 0 Å². The molecular weight excluding hydrogens is 278 g/mol. The van der Waals surface area contributed by atoms with Gasteiger partial charge in [-0.15, -0.1) is 0 Å². The Balaban J connectivity index is 2.21. The number of rotatable bonds is 1. The van der Waals surface area contributed by atoms with Crippen LogP contribution >= 0.6 is 15.9 Å². The molecule has 17 heavy (non-hydrogen) atoms. The number of fused-ring (bicyclic) bond motifs is 1. The Labute approximate surface area is 108 Å². The molecule has 3 N–H and O–H groups in total. The number of aliphatic imine (C=N–C) groups is 1. The number of benzene rings is 2. The van der Waals surface area contributed by atoms with E-state index in [0.717, 1.165) is 40.0 Å². The van der Waals surface area contributed by atoms with Crippen LogP contribution in [-0.4, -0.2) is 18.9 Å². The molecule has 0 saturated carbocycles. The average molecular weight is 290 g/mol. The predicted octanol–water partition coefficient (Wildman–Crippen LogP) is 2.53. The average Bonchev–Trinajstić information content (AvgIpc) is 2.82. The number of amidine groups is 1. The van der Waals surface area contributed by atoms with Crippen molar-refractivity contribution in [2.45, 2.75) is 0 Å². The van der Waals surface area contributed by atoms with E-state index < -0.39 is 0 Å². The fourth-order valence-electron chi connectivity index (χ4n) is 2.07. The molecule has 1 aliphatic rings. The summed E-state index contributed by atoms with van der Waals surface area (Å²) in [5, 5.41) is 5.56. The number of nitrogens with zero attached hydrogens (tertiary/aromatic N) is 1. The van der Waals surface area contributed by atoms with E-state index in [2.05, 4.69) is 44.4 Å². The molecule has 3 rings (SSSR count). The molecule has 0 amide bonds. The first-order valence-corrected chi connectivity index (χ1v) is 6.31. The van der Waals surface area contributed by atoms with Crippen LogP contribution in [0.1, 0.15) is 5.56 Å². The van der Waals surface area contributed by atoms with E-state index in [0.29, 0.717) is 0 Å². The first-order chi connectivity index (χ1) is 8.24. The minimum Gasteiger partial charge on any atom is -0.398 e. The van der Waals surface area contributed by atoms with Gasteiger partial charge in [-0.25, -0.2) is 0 Å². The van der Waals surface area contributed by atoms with Gasteiger partial charge in [-0.05, 0) is 35.0 Å². The van der Waals surface area contributed by atoms with Gasteiger partial charge in [-0.1, -0.05) is 22.0 Å². The molecular formula is C13H12BrN3. The van der Waals surface area contributed by atoms with E-state index in [1.165, 1.54) is 5.39 Å². The molecule has 2 aromatic carbocycles. The normalized spacial score (nSPS) is 14.8. The molecule has 0 saturated heterocycles. The second-order valence-corrected chi connectivity index (χ2v) is 5.00. The van der Waals surface area contributed by atoms with Crippen molar-refractivity contribution in [2.24, 2.45) is 4.99 Å². The van der Waals surface area contributed by atoms with Crippen LogP contribution in [-0.2, 0) is 0 Å². The summed E-state index contributed by atoms with van der Waals surface area (Å²) in [7, 11) is 0. The first kappa shape index (κ1) is 10.6. The molecule has 0 spiro atoms. The van der Waals surface area contributed by atoms with Crippen LogP contribution in [0.4, 0.5) is 5.69 Å². The molecule has 86 valence electrons. The van der Waals surface area contributed by atoms with Crippen molar-refractivity contribution >= 4 is 38.2 Å². The van der Waals surface area contributed by atoms with Crippen LogP contribution < -0.4 is 11.1 Å². The maximum atomic E-state index is 6.07. The van der Waals surface area contributed by atoms with Gasteiger partial charge in [-0.3, -0.25) is 4.99 Å². The van der Waals surface area contributed by atoms with Gasteiger partial charge in [0.25, 0.3) is 0 Å². The Bertz CT molecular complexity index is 619. The summed E-state index contributed by atoms with van der Waals surface area (Å²) in [5.74, 6) is 0.907. The molecule has 3 nitrogen and oxygen atoms in total. The van der Waals surface area contributed by atoms with E-state index >= 15 is 0 Å². The monoisotopic (exact) mass is 289 g/mol. The molecule has 0 unspecified atom stereocenters.